The SMILES string of the molecule is Cn1c(=O)c2c(nc(NN=Cc3ccco3)n2C)n(C)c1=O. The van der Waals surface area contributed by atoms with Crippen LogP contribution in [-0.4, -0.2) is 24.9 Å². The molecule has 0 aromatic carbocycles. The minimum absolute atomic E-state index is 0.297. The molecule has 3 heterocycles. The van der Waals surface area contributed by atoms with Crippen molar-refractivity contribution in [1.82, 2.24) is 18.7 Å². The molecule has 0 radical (unpaired) electrons. The molecule has 0 amide bonds. The fourth-order valence-electron chi connectivity index (χ4n) is 2.14. The van der Waals surface area contributed by atoms with Gasteiger partial charge in [-0.15, -0.1) is 0 Å². The van der Waals surface area contributed by atoms with Gasteiger partial charge in [-0.2, -0.15) is 10.1 Å². The van der Waals surface area contributed by atoms with Crippen molar-refractivity contribution in [1.29, 1.82) is 0 Å². The van der Waals surface area contributed by atoms with E-state index in [9.17, 15) is 9.59 Å². The van der Waals surface area contributed by atoms with Crippen LogP contribution in [-0.2, 0) is 21.1 Å². The van der Waals surface area contributed by atoms with Crippen molar-refractivity contribution in [2.24, 2.45) is 26.2 Å². The summed E-state index contributed by atoms with van der Waals surface area (Å²) >= 11 is 0. The van der Waals surface area contributed by atoms with Crippen LogP contribution < -0.4 is 16.7 Å². The Labute approximate surface area is 124 Å². The van der Waals surface area contributed by atoms with Crippen molar-refractivity contribution in [3.05, 3.63) is 45.0 Å². The minimum atomic E-state index is -0.429. The summed E-state index contributed by atoms with van der Waals surface area (Å²) in [6.45, 7) is 0. The summed E-state index contributed by atoms with van der Waals surface area (Å²) in [5.74, 6) is 0.922. The predicted molar refractivity (Wildman–Crippen MR) is 81.1 cm³/mol. The van der Waals surface area contributed by atoms with Crippen LogP contribution in [0.15, 0.2) is 37.5 Å². The largest absolute Gasteiger partial charge is 0.463 e. The van der Waals surface area contributed by atoms with Crippen molar-refractivity contribution >= 4 is 23.3 Å². The van der Waals surface area contributed by atoms with Crippen LogP contribution in [0.5, 0.6) is 0 Å². The van der Waals surface area contributed by atoms with Gasteiger partial charge >= 0.3 is 5.69 Å². The van der Waals surface area contributed by atoms with Crippen LogP contribution in [0, 0.1) is 0 Å². The van der Waals surface area contributed by atoms with E-state index in [0.29, 0.717) is 22.9 Å². The summed E-state index contributed by atoms with van der Waals surface area (Å²) in [6, 6.07) is 3.50. The smallest absolute Gasteiger partial charge is 0.332 e. The fourth-order valence-corrected chi connectivity index (χ4v) is 2.14. The molecule has 1 N–H and O–H groups in total. The van der Waals surface area contributed by atoms with Crippen molar-refractivity contribution in [2.45, 2.75) is 0 Å². The quantitative estimate of drug-likeness (QED) is 0.542. The topological polar surface area (TPSA) is 99.3 Å². The molecule has 0 aliphatic heterocycles. The molecule has 0 bridgehead atoms. The van der Waals surface area contributed by atoms with E-state index in [1.165, 1.54) is 24.1 Å². The average Bonchev–Trinajstić information content (AvgIpc) is 3.12. The number of anilines is 1. The summed E-state index contributed by atoms with van der Waals surface area (Å²) in [5.41, 5.74) is 2.51. The zero-order valence-electron chi connectivity index (χ0n) is 12.3. The first-order valence-corrected chi connectivity index (χ1v) is 6.45. The van der Waals surface area contributed by atoms with Crippen LogP contribution >= 0.6 is 0 Å². The lowest BCUT2D eigenvalue weighted by molar-refractivity contribution is 0.560. The molecular weight excluding hydrogens is 288 g/mol. The van der Waals surface area contributed by atoms with E-state index in [1.807, 2.05) is 0 Å². The number of aromatic nitrogens is 4. The first-order chi connectivity index (χ1) is 10.5. The second-order valence-corrected chi connectivity index (χ2v) is 4.76. The Morgan fingerprint density at radius 1 is 1.23 bits per heavy atom. The lowest BCUT2D eigenvalue weighted by Gasteiger charge is -2.03. The van der Waals surface area contributed by atoms with Gasteiger partial charge in [0.05, 0.1) is 12.5 Å². The maximum Gasteiger partial charge on any atom is 0.332 e. The molecule has 0 saturated carbocycles. The first-order valence-electron chi connectivity index (χ1n) is 6.45. The van der Waals surface area contributed by atoms with Gasteiger partial charge in [0.1, 0.15) is 5.76 Å². The molecule has 9 heteroatoms. The lowest BCUT2D eigenvalue weighted by atomic mass is 10.5. The standard InChI is InChI=1S/C13H14N6O3/c1-17-9-10(18(2)13(21)19(3)11(9)20)15-12(17)16-14-7-8-5-4-6-22-8/h4-7H,1-3H3,(H,15,16). The average molecular weight is 302 g/mol. The van der Waals surface area contributed by atoms with Crippen LogP contribution in [0.3, 0.4) is 0 Å². The Kier molecular flexibility index (Phi) is 3.17. The molecule has 114 valence electrons. The maximum absolute atomic E-state index is 12.2. The molecular formula is C13H14N6O3. The molecule has 0 atom stereocenters. The number of hydrogen-bond donors (Lipinski definition) is 1. The highest BCUT2D eigenvalue weighted by Crippen LogP contribution is 2.12. The molecule has 0 aliphatic carbocycles. The second-order valence-electron chi connectivity index (χ2n) is 4.76. The summed E-state index contributed by atoms with van der Waals surface area (Å²) in [5, 5.41) is 4.00. The molecule has 9 nitrogen and oxygen atoms in total. The highest BCUT2D eigenvalue weighted by molar-refractivity contribution is 5.77. The first kappa shape index (κ1) is 13.9. The third kappa shape index (κ3) is 2.03. The molecule has 0 fully saturated rings. The second kappa shape index (κ2) is 5.02. The molecule has 0 spiro atoms. The predicted octanol–water partition coefficient (Wildman–Crippen LogP) is 0.00970. The van der Waals surface area contributed by atoms with Crippen molar-refractivity contribution in [3.63, 3.8) is 0 Å². The summed E-state index contributed by atoms with van der Waals surface area (Å²) in [4.78, 5) is 28.4. The van der Waals surface area contributed by atoms with E-state index in [2.05, 4.69) is 15.5 Å². The van der Waals surface area contributed by atoms with E-state index in [1.54, 1.807) is 30.8 Å². The highest BCUT2D eigenvalue weighted by Gasteiger charge is 2.16. The van der Waals surface area contributed by atoms with Crippen molar-refractivity contribution in [2.75, 3.05) is 5.43 Å². The Hall–Kier alpha value is -3.10. The normalized spacial score (nSPS) is 11.6. The van der Waals surface area contributed by atoms with Gasteiger partial charge in [-0.3, -0.25) is 13.9 Å². The van der Waals surface area contributed by atoms with Crippen LogP contribution in [0.1, 0.15) is 5.76 Å². The summed E-state index contributed by atoms with van der Waals surface area (Å²) in [6.07, 6.45) is 3.02. The Bertz CT molecular complexity index is 974. The number of hydrogen-bond acceptors (Lipinski definition) is 6. The molecule has 0 unspecified atom stereocenters. The molecule has 0 saturated heterocycles. The summed E-state index contributed by atoms with van der Waals surface area (Å²) < 4.78 is 9.03. The van der Waals surface area contributed by atoms with E-state index in [-0.39, 0.29) is 0 Å². The maximum atomic E-state index is 12.2. The van der Waals surface area contributed by atoms with Crippen LogP contribution in [0.25, 0.3) is 11.2 Å². The Balaban J connectivity index is 2.07. The number of imidazole rings is 1. The number of fused-ring (bicyclic) bond motifs is 1. The minimum Gasteiger partial charge on any atom is -0.463 e. The van der Waals surface area contributed by atoms with Gasteiger partial charge in [-0.1, -0.05) is 0 Å². The molecule has 3 aromatic heterocycles. The Morgan fingerprint density at radius 3 is 2.68 bits per heavy atom. The number of nitrogens with one attached hydrogen (secondary N) is 1. The summed E-state index contributed by atoms with van der Waals surface area (Å²) in [7, 11) is 4.66. The van der Waals surface area contributed by atoms with Crippen molar-refractivity contribution in [3.8, 4) is 0 Å². The third-order valence-corrected chi connectivity index (χ3v) is 3.38. The monoisotopic (exact) mass is 302 g/mol. The highest BCUT2D eigenvalue weighted by atomic mass is 16.3. The molecule has 22 heavy (non-hydrogen) atoms. The molecule has 3 rings (SSSR count). The van der Waals surface area contributed by atoms with Gasteiger partial charge in [-0.05, 0) is 12.1 Å². The molecule has 0 aliphatic rings. The van der Waals surface area contributed by atoms with Crippen LogP contribution in [0.2, 0.25) is 0 Å². The number of aryl methyl sites for hydroxylation is 2. The van der Waals surface area contributed by atoms with Gasteiger partial charge in [0.15, 0.2) is 11.2 Å². The van der Waals surface area contributed by atoms with E-state index >= 15 is 0 Å². The zero-order valence-corrected chi connectivity index (χ0v) is 12.3. The van der Waals surface area contributed by atoms with Gasteiger partial charge in [0.2, 0.25) is 5.95 Å². The third-order valence-electron chi connectivity index (χ3n) is 3.38. The van der Waals surface area contributed by atoms with E-state index in [4.69, 9.17) is 4.42 Å². The zero-order chi connectivity index (χ0) is 15.9. The van der Waals surface area contributed by atoms with Crippen LogP contribution in [0.4, 0.5) is 5.95 Å². The van der Waals surface area contributed by atoms with E-state index < -0.39 is 11.2 Å². The fraction of sp³-hybridized carbons (Fsp3) is 0.231. The van der Waals surface area contributed by atoms with Crippen molar-refractivity contribution < 1.29 is 4.42 Å². The number of furan rings is 1. The lowest BCUT2D eigenvalue weighted by Crippen LogP contribution is -2.37. The molecule has 3 aromatic rings. The number of rotatable bonds is 3. The number of hydrazone groups is 1. The van der Waals surface area contributed by atoms with Gasteiger partial charge in [0, 0.05) is 21.1 Å². The Morgan fingerprint density at radius 2 is 2.00 bits per heavy atom. The number of nitrogens with zero attached hydrogens (tertiary/aromatic N) is 5. The van der Waals surface area contributed by atoms with Gasteiger partial charge in [-0.25, -0.2) is 10.2 Å². The van der Waals surface area contributed by atoms with Gasteiger partial charge < -0.3 is 8.98 Å². The van der Waals surface area contributed by atoms with Gasteiger partial charge in [0.25, 0.3) is 5.56 Å². The van der Waals surface area contributed by atoms with E-state index in [0.717, 1.165) is 4.57 Å².